The molecule has 0 bridgehead atoms. The van der Waals surface area contributed by atoms with Crippen molar-refractivity contribution in [2.24, 2.45) is 0 Å². The van der Waals surface area contributed by atoms with Crippen molar-refractivity contribution in [2.75, 3.05) is 25.0 Å². The Hall–Kier alpha value is -3.30. The number of aromatic nitrogens is 4. The summed E-state index contributed by atoms with van der Waals surface area (Å²) in [4.78, 5) is 35.7. The van der Waals surface area contributed by atoms with Crippen LogP contribution >= 0.6 is 12.2 Å². The number of nitrogens with zero attached hydrogens (tertiary/aromatic N) is 4. The lowest BCUT2D eigenvalue weighted by Crippen LogP contribution is -2.28. The van der Waals surface area contributed by atoms with Crippen molar-refractivity contribution in [3.05, 3.63) is 63.7 Å². The molecule has 2 aromatic heterocycles. The van der Waals surface area contributed by atoms with Gasteiger partial charge in [0.15, 0.2) is 4.77 Å². The Morgan fingerprint density at radius 3 is 2.58 bits per heavy atom. The van der Waals surface area contributed by atoms with E-state index in [-0.39, 0.29) is 24.4 Å². The molecule has 0 spiro atoms. The van der Waals surface area contributed by atoms with Crippen LogP contribution in [0.3, 0.4) is 0 Å². The quantitative estimate of drug-likeness (QED) is 0.368. The smallest absolute Gasteiger partial charge is 0.262 e. The zero-order chi connectivity index (χ0) is 23.4. The topological polar surface area (TPSA) is 88.0 Å². The monoisotopic (exact) mass is 464 g/mol. The lowest BCUT2D eigenvalue weighted by Gasteiger charge is -2.19. The van der Waals surface area contributed by atoms with E-state index in [2.05, 4.69) is 34.0 Å². The maximum Gasteiger partial charge on any atom is 0.262 e. The summed E-state index contributed by atoms with van der Waals surface area (Å²) in [6.07, 6.45) is 0.106. The second-order valence-corrected chi connectivity index (χ2v) is 8.22. The highest BCUT2D eigenvalue weighted by atomic mass is 32.1. The van der Waals surface area contributed by atoms with Gasteiger partial charge in [-0.2, -0.15) is 0 Å². The van der Waals surface area contributed by atoms with Crippen LogP contribution in [0.2, 0.25) is 0 Å². The van der Waals surface area contributed by atoms with Gasteiger partial charge >= 0.3 is 0 Å². The first-order valence-electron chi connectivity index (χ1n) is 11.2. The predicted octanol–water partition coefficient (Wildman–Crippen LogP) is 3.78. The SMILES string of the molecule is CCN(CC)CCn1c(NC(=O)CCn2c(=S)[nH]c3ccccc3c2=O)nc2ccccc21. The number of likely N-dealkylation sites (N-methyl/N-ethyl adjacent to an activating group) is 1. The summed E-state index contributed by atoms with van der Waals surface area (Å²) < 4.78 is 3.78. The Labute approximate surface area is 196 Å². The number of anilines is 1. The third kappa shape index (κ3) is 4.89. The van der Waals surface area contributed by atoms with Crippen LogP contribution in [0.4, 0.5) is 5.95 Å². The van der Waals surface area contributed by atoms with Gasteiger partial charge in [-0.3, -0.25) is 19.5 Å². The predicted molar refractivity (Wildman–Crippen MR) is 134 cm³/mol. The molecule has 0 fully saturated rings. The van der Waals surface area contributed by atoms with E-state index in [1.54, 1.807) is 12.1 Å². The van der Waals surface area contributed by atoms with E-state index in [0.29, 0.717) is 28.2 Å². The average molecular weight is 465 g/mol. The summed E-state index contributed by atoms with van der Waals surface area (Å²) >= 11 is 5.35. The van der Waals surface area contributed by atoms with E-state index in [0.717, 1.165) is 30.7 Å². The molecular formula is C24H28N6O2S. The Balaban J connectivity index is 1.53. The molecule has 4 aromatic rings. The molecular weight excluding hydrogens is 436 g/mol. The molecule has 9 heteroatoms. The fraction of sp³-hybridized carbons (Fsp3) is 0.333. The maximum atomic E-state index is 12.8. The minimum atomic E-state index is -0.219. The van der Waals surface area contributed by atoms with Gasteiger partial charge in [0.05, 0.1) is 21.9 Å². The molecule has 0 aliphatic rings. The molecule has 0 unspecified atom stereocenters. The first-order valence-corrected chi connectivity index (χ1v) is 11.6. The van der Waals surface area contributed by atoms with Crippen molar-refractivity contribution in [1.29, 1.82) is 0 Å². The van der Waals surface area contributed by atoms with Crippen LogP contribution in [-0.4, -0.2) is 49.5 Å². The number of fused-ring (bicyclic) bond motifs is 2. The molecule has 0 saturated carbocycles. The Morgan fingerprint density at radius 2 is 1.79 bits per heavy atom. The largest absolute Gasteiger partial charge is 0.332 e. The summed E-state index contributed by atoms with van der Waals surface area (Å²) in [7, 11) is 0. The summed E-state index contributed by atoms with van der Waals surface area (Å²) in [5.74, 6) is 0.299. The number of imidazole rings is 1. The Bertz CT molecular complexity index is 1400. The zero-order valence-electron chi connectivity index (χ0n) is 18.9. The van der Waals surface area contributed by atoms with Gasteiger partial charge in [0.2, 0.25) is 11.9 Å². The molecule has 2 aromatic carbocycles. The van der Waals surface area contributed by atoms with Gasteiger partial charge < -0.3 is 14.5 Å². The van der Waals surface area contributed by atoms with Gasteiger partial charge in [-0.1, -0.05) is 38.1 Å². The molecule has 1 amide bonds. The van der Waals surface area contributed by atoms with Gasteiger partial charge in [0.25, 0.3) is 5.56 Å². The van der Waals surface area contributed by atoms with Gasteiger partial charge in [-0.25, -0.2) is 4.98 Å². The first-order chi connectivity index (χ1) is 16.0. The van der Waals surface area contributed by atoms with Crippen LogP contribution in [0.5, 0.6) is 0 Å². The average Bonchev–Trinajstić information content (AvgIpc) is 3.16. The summed E-state index contributed by atoms with van der Waals surface area (Å²) in [5, 5.41) is 3.49. The van der Waals surface area contributed by atoms with Crippen molar-refractivity contribution in [3.63, 3.8) is 0 Å². The third-order valence-corrected chi connectivity index (χ3v) is 6.21. The van der Waals surface area contributed by atoms with Crippen LogP contribution < -0.4 is 10.9 Å². The number of carbonyl (C=O) groups is 1. The number of aromatic amines is 1. The second kappa shape index (κ2) is 10.1. The number of amides is 1. The van der Waals surface area contributed by atoms with Crippen molar-refractivity contribution in [3.8, 4) is 0 Å². The molecule has 0 aliphatic carbocycles. The maximum absolute atomic E-state index is 12.8. The third-order valence-electron chi connectivity index (χ3n) is 5.89. The van der Waals surface area contributed by atoms with Crippen LogP contribution in [0.25, 0.3) is 21.9 Å². The van der Waals surface area contributed by atoms with E-state index in [4.69, 9.17) is 12.2 Å². The molecule has 8 nitrogen and oxygen atoms in total. The number of para-hydroxylation sites is 3. The Kier molecular flexibility index (Phi) is 7.00. The minimum absolute atomic E-state index is 0.106. The van der Waals surface area contributed by atoms with E-state index in [9.17, 15) is 9.59 Å². The van der Waals surface area contributed by atoms with E-state index < -0.39 is 0 Å². The standard InChI is InChI=1S/C24H28N6O2S/c1-3-28(4-2)15-16-29-20-12-8-7-11-19(20)25-23(29)27-21(31)13-14-30-22(32)17-9-5-6-10-18(17)26-24(30)33/h5-12H,3-4,13-16H2,1-2H3,(H,26,33)(H,25,27,31). The second-order valence-electron chi connectivity index (χ2n) is 7.83. The van der Waals surface area contributed by atoms with E-state index >= 15 is 0 Å². The number of carbonyl (C=O) groups excluding carboxylic acids is 1. The van der Waals surface area contributed by atoms with Crippen LogP contribution in [-0.2, 0) is 17.9 Å². The number of benzene rings is 2. The molecule has 172 valence electrons. The van der Waals surface area contributed by atoms with Gasteiger partial charge in [0, 0.05) is 26.1 Å². The van der Waals surface area contributed by atoms with Crippen LogP contribution in [0.1, 0.15) is 20.3 Å². The van der Waals surface area contributed by atoms with Crippen LogP contribution in [0, 0.1) is 4.77 Å². The Morgan fingerprint density at radius 1 is 1.06 bits per heavy atom. The summed E-state index contributed by atoms with van der Waals surface area (Å²) in [6, 6.07) is 15.1. The molecule has 0 saturated heterocycles. The summed E-state index contributed by atoms with van der Waals surface area (Å²) in [6.45, 7) is 7.96. The number of hydrogen-bond acceptors (Lipinski definition) is 5. The molecule has 2 heterocycles. The minimum Gasteiger partial charge on any atom is -0.332 e. The van der Waals surface area contributed by atoms with Gasteiger partial charge in [-0.05, 0) is 49.6 Å². The van der Waals surface area contributed by atoms with E-state index in [1.165, 1.54) is 4.57 Å². The highest BCUT2D eigenvalue weighted by molar-refractivity contribution is 7.71. The van der Waals surface area contributed by atoms with Crippen molar-refractivity contribution in [1.82, 2.24) is 24.0 Å². The van der Waals surface area contributed by atoms with Crippen molar-refractivity contribution in [2.45, 2.75) is 33.4 Å². The molecule has 0 atom stereocenters. The number of nitrogens with one attached hydrogen (secondary N) is 2. The normalized spacial score (nSPS) is 11.5. The lowest BCUT2D eigenvalue weighted by molar-refractivity contribution is -0.116. The van der Waals surface area contributed by atoms with Gasteiger partial charge in [-0.15, -0.1) is 0 Å². The summed E-state index contributed by atoms with van der Waals surface area (Å²) in [5.41, 5.74) is 2.30. The van der Waals surface area contributed by atoms with Crippen molar-refractivity contribution >= 4 is 46.0 Å². The highest BCUT2D eigenvalue weighted by Gasteiger charge is 2.15. The fourth-order valence-electron chi connectivity index (χ4n) is 3.98. The molecule has 0 radical (unpaired) electrons. The molecule has 4 rings (SSSR count). The van der Waals surface area contributed by atoms with E-state index in [1.807, 2.05) is 41.0 Å². The highest BCUT2D eigenvalue weighted by Crippen LogP contribution is 2.20. The number of H-pyrrole nitrogens is 1. The zero-order valence-corrected chi connectivity index (χ0v) is 19.7. The van der Waals surface area contributed by atoms with Crippen LogP contribution in [0.15, 0.2) is 53.3 Å². The first kappa shape index (κ1) is 22.9. The van der Waals surface area contributed by atoms with Crippen molar-refractivity contribution < 1.29 is 4.79 Å². The fourth-order valence-corrected chi connectivity index (χ4v) is 4.27. The molecule has 2 N–H and O–H groups in total. The molecule has 33 heavy (non-hydrogen) atoms. The number of hydrogen-bond donors (Lipinski definition) is 2. The number of rotatable bonds is 9. The van der Waals surface area contributed by atoms with Gasteiger partial charge in [0.1, 0.15) is 0 Å². The lowest BCUT2D eigenvalue weighted by atomic mass is 10.2. The molecule has 0 aliphatic heterocycles.